The lowest BCUT2D eigenvalue weighted by molar-refractivity contribution is -0.150. The van der Waals surface area contributed by atoms with Crippen LogP contribution in [-0.4, -0.2) is 79.2 Å². The fraction of sp³-hybridized carbons (Fsp3) is 0.921. The van der Waals surface area contributed by atoms with Gasteiger partial charge in [-0.05, 0) is 65.5 Å². The highest BCUT2D eigenvalue weighted by molar-refractivity contribution is 8.13. The lowest BCUT2D eigenvalue weighted by atomic mass is 10.0. The van der Waals surface area contributed by atoms with Crippen LogP contribution >= 0.6 is 11.8 Å². The van der Waals surface area contributed by atoms with E-state index in [1.54, 1.807) is 0 Å². The van der Waals surface area contributed by atoms with Crippen molar-refractivity contribution in [3.05, 3.63) is 0 Å². The van der Waals surface area contributed by atoms with E-state index in [-0.39, 0.29) is 23.3 Å². The number of amides is 1. The molecule has 0 aromatic heterocycles. The fourth-order valence-electron chi connectivity index (χ4n) is 5.46. The Morgan fingerprint density at radius 3 is 1.72 bits per heavy atom. The number of thioether (sulfide) groups is 1. The maximum absolute atomic E-state index is 13.0. The van der Waals surface area contributed by atoms with Gasteiger partial charge in [0.05, 0.1) is 6.61 Å². The Labute approximate surface area is 289 Å². The van der Waals surface area contributed by atoms with Crippen LogP contribution in [0.3, 0.4) is 0 Å². The van der Waals surface area contributed by atoms with Crippen LogP contribution in [0.15, 0.2) is 0 Å². The van der Waals surface area contributed by atoms with Gasteiger partial charge in [-0.3, -0.25) is 14.4 Å². The molecule has 0 saturated carbocycles. The first kappa shape index (κ1) is 44.7. The van der Waals surface area contributed by atoms with Gasteiger partial charge in [0.1, 0.15) is 6.10 Å². The van der Waals surface area contributed by atoms with Crippen LogP contribution in [0, 0.1) is 0 Å². The molecular weight excluding hydrogens is 596 g/mol. The summed E-state index contributed by atoms with van der Waals surface area (Å²) in [5.74, 6) is 0.571. The maximum atomic E-state index is 13.0. The van der Waals surface area contributed by atoms with Gasteiger partial charge in [-0.15, -0.1) is 0 Å². The lowest BCUT2D eigenvalue weighted by Crippen LogP contribution is -2.31. The number of carbonyl (C=O) groups excluding carboxylic acids is 3. The minimum atomic E-state index is -0.120. The molecule has 0 aromatic carbocycles. The van der Waals surface area contributed by atoms with E-state index in [4.69, 9.17) is 9.47 Å². The van der Waals surface area contributed by atoms with Gasteiger partial charge < -0.3 is 19.3 Å². The van der Waals surface area contributed by atoms with Crippen LogP contribution in [0.1, 0.15) is 175 Å². The van der Waals surface area contributed by atoms with Crippen LogP contribution in [0.5, 0.6) is 0 Å². The summed E-state index contributed by atoms with van der Waals surface area (Å²) < 4.78 is 11.3. The minimum Gasteiger partial charge on any atom is -0.466 e. The highest BCUT2D eigenvalue weighted by atomic mass is 32.2. The van der Waals surface area contributed by atoms with Gasteiger partial charge in [-0.1, -0.05) is 122 Å². The molecule has 0 spiro atoms. The summed E-state index contributed by atoms with van der Waals surface area (Å²) in [7, 11) is 4.04. The third kappa shape index (κ3) is 30.1. The van der Waals surface area contributed by atoms with Crippen molar-refractivity contribution in [1.29, 1.82) is 0 Å². The Morgan fingerprint density at radius 2 is 1.07 bits per heavy atom. The summed E-state index contributed by atoms with van der Waals surface area (Å²) >= 11 is 1.37. The Balaban J connectivity index is 4.40. The summed E-state index contributed by atoms with van der Waals surface area (Å²) in [6.45, 7) is 9.35. The predicted octanol–water partition coefficient (Wildman–Crippen LogP) is 10.6. The van der Waals surface area contributed by atoms with Gasteiger partial charge in [-0.25, -0.2) is 0 Å². The number of rotatable bonds is 33. The molecule has 1 atom stereocenters. The molecule has 0 aliphatic rings. The van der Waals surface area contributed by atoms with E-state index < -0.39 is 0 Å². The number of hydrogen-bond acceptors (Lipinski definition) is 7. The molecule has 1 amide bonds. The molecule has 0 bridgehead atoms. The molecule has 1 unspecified atom stereocenters. The molecule has 0 N–H and O–H groups in total. The standard InChI is InChI=1S/C38H74N2O5S/c1-6-9-12-14-15-19-24-33-44-36(41)28-22-17-16-18-23-30-40(38(43)46-34-32-39(4)5)31-25-29-37(42)45-35(26-20-11-8-3)27-21-13-10-7-2/h35H,6-34H2,1-5H3. The summed E-state index contributed by atoms with van der Waals surface area (Å²) in [6, 6.07) is 0. The van der Waals surface area contributed by atoms with Gasteiger partial charge >= 0.3 is 11.9 Å². The first-order valence-corrected chi connectivity index (χ1v) is 20.2. The first-order valence-electron chi connectivity index (χ1n) is 19.2. The molecule has 0 aromatic rings. The zero-order chi connectivity index (χ0) is 34.1. The molecule has 0 rings (SSSR count). The van der Waals surface area contributed by atoms with E-state index >= 15 is 0 Å². The van der Waals surface area contributed by atoms with Crippen LogP contribution in [0.2, 0.25) is 0 Å². The third-order valence-corrected chi connectivity index (χ3v) is 9.35. The van der Waals surface area contributed by atoms with Crippen LogP contribution in [0.25, 0.3) is 0 Å². The summed E-state index contributed by atoms with van der Waals surface area (Å²) in [6.07, 6.45) is 25.1. The second kappa shape index (κ2) is 33.6. The zero-order valence-electron chi connectivity index (χ0n) is 30.9. The highest BCUT2D eigenvalue weighted by Crippen LogP contribution is 2.17. The van der Waals surface area contributed by atoms with Crippen molar-refractivity contribution in [1.82, 2.24) is 9.80 Å². The molecule has 0 aliphatic heterocycles. The zero-order valence-corrected chi connectivity index (χ0v) is 31.7. The number of ether oxygens (including phenoxy) is 2. The largest absolute Gasteiger partial charge is 0.466 e. The summed E-state index contributed by atoms with van der Waals surface area (Å²) in [5.41, 5.74) is 0. The highest BCUT2D eigenvalue weighted by Gasteiger charge is 2.17. The SMILES string of the molecule is CCCCCCCCCOC(=O)CCCCCCCN(CCCC(=O)OC(CCCCC)CCCCCC)C(=O)SCCN(C)C. The van der Waals surface area contributed by atoms with Crippen molar-refractivity contribution < 1.29 is 23.9 Å². The molecular formula is C38H74N2O5S. The predicted molar refractivity (Wildman–Crippen MR) is 197 cm³/mol. The van der Waals surface area contributed by atoms with E-state index in [1.807, 2.05) is 19.0 Å². The van der Waals surface area contributed by atoms with Crippen molar-refractivity contribution in [3.8, 4) is 0 Å². The molecule has 7 nitrogen and oxygen atoms in total. The van der Waals surface area contributed by atoms with E-state index in [0.29, 0.717) is 39.0 Å². The monoisotopic (exact) mass is 671 g/mol. The maximum Gasteiger partial charge on any atom is 0.306 e. The van der Waals surface area contributed by atoms with Crippen LogP contribution in [0.4, 0.5) is 4.79 Å². The topological polar surface area (TPSA) is 76.1 Å². The van der Waals surface area contributed by atoms with E-state index in [2.05, 4.69) is 25.7 Å². The van der Waals surface area contributed by atoms with E-state index in [9.17, 15) is 14.4 Å². The summed E-state index contributed by atoms with van der Waals surface area (Å²) in [5, 5.41) is 0.104. The molecule has 272 valence electrons. The van der Waals surface area contributed by atoms with Crippen molar-refractivity contribution in [2.75, 3.05) is 46.1 Å². The second-order valence-electron chi connectivity index (χ2n) is 13.3. The average molecular weight is 671 g/mol. The van der Waals surface area contributed by atoms with Gasteiger partial charge in [0.2, 0.25) is 0 Å². The normalized spacial score (nSPS) is 12.0. The molecule has 0 radical (unpaired) electrons. The molecule has 0 saturated heterocycles. The van der Waals surface area contributed by atoms with Crippen molar-refractivity contribution >= 4 is 28.9 Å². The number of nitrogens with zero attached hydrogens (tertiary/aromatic N) is 2. The first-order chi connectivity index (χ1) is 22.3. The third-order valence-electron chi connectivity index (χ3n) is 8.46. The van der Waals surface area contributed by atoms with Gasteiger partial charge in [0.25, 0.3) is 5.24 Å². The van der Waals surface area contributed by atoms with Gasteiger partial charge in [-0.2, -0.15) is 0 Å². The van der Waals surface area contributed by atoms with Gasteiger partial charge in [0.15, 0.2) is 0 Å². The second-order valence-corrected chi connectivity index (χ2v) is 14.4. The lowest BCUT2D eigenvalue weighted by Gasteiger charge is -2.23. The number of hydrogen-bond donors (Lipinski definition) is 0. The van der Waals surface area contributed by atoms with Crippen molar-refractivity contribution in [2.45, 2.75) is 181 Å². The number of unbranched alkanes of at least 4 members (excludes halogenated alkanes) is 15. The Kier molecular flexibility index (Phi) is 32.7. The Hall–Kier alpha value is -1.28. The quantitative estimate of drug-likeness (QED) is 0.0508. The minimum absolute atomic E-state index is 0.0298. The number of carbonyl (C=O) groups is 3. The molecule has 0 aliphatic carbocycles. The molecule has 46 heavy (non-hydrogen) atoms. The van der Waals surface area contributed by atoms with Crippen molar-refractivity contribution in [3.63, 3.8) is 0 Å². The van der Waals surface area contributed by atoms with Gasteiger partial charge in [0, 0.05) is 38.2 Å². The average Bonchev–Trinajstić information content (AvgIpc) is 3.02. The fourth-order valence-corrected chi connectivity index (χ4v) is 6.46. The van der Waals surface area contributed by atoms with Crippen LogP contribution in [-0.2, 0) is 19.1 Å². The molecule has 8 heteroatoms. The molecule has 0 heterocycles. The number of esters is 2. The van der Waals surface area contributed by atoms with E-state index in [0.717, 1.165) is 82.9 Å². The Morgan fingerprint density at radius 1 is 0.565 bits per heavy atom. The summed E-state index contributed by atoms with van der Waals surface area (Å²) in [4.78, 5) is 41.8. The van der Waals surface area contributed by atoms with E-state index in [1.165, 1.54) is 76.0 Å². The molecule has 0 fully saturated rings. The van der Waals surface area contributed by atoms with Crippen molar-refractivity contribution in [2.24, 2.45) is 0 Å². The smallest absolute Gasteiger partial charge is 0.306 e. The Bertz CT molecular complexity index is 721. The van der Waals surface area contributed by atoms with Crippen LogP contribution < -0.4 is 0 Å².